The van der Waals surface area contributed by atoms with Gasteiger partial charge in [-0.15, -0.1) is 0 Å². The van der Waals surface area contributed by atoms with E-state index in [0.717, 1.165) is 0 Å². The highest BCUT2D eigenvalue weighted by Crippen LogP contribution is 2.42. The van der Waals surface area contributed by atoms with Crippen molar-refractivity contribution >= 4 is 15.9 Å². The molecular formula is C14H21N3O5S. The van der Waals surface area contributed by atoms with Crippen molar-refractivity contribution in [2.45, 2.75) is 13.3 Å². The second-order valence-electron chi connectivity index (χ2n) is 6.62. The molecule has 0 bridgehead atoms. The molecule has 1 N–H and O–H groups in total. The van der Waals surface area contributed by atoms with Crippen molar-refractivity contribution in [2.75, 3.05) is 39.0 Å². The molecule has 2 aliphatic heterocycles. The van der Waals surface area contributed by atoms with Crippen LogP contribution in [0.1, 0.15) is 22.7 Å². The predicted molar refractivity (Wildman–Crippen MR) is 81.2 cm³/mol. The van der Waals surface area contributed by atoms with E-state index in [1.165, 1.54) is 10.6 Å². The Morgan fingerprint density at radius 1 is 1.52 bits per heavy atom. The Bertz CT molecular complexity index is 716. The fourth-order valence-electron chi connectivity index (χ4n) is 3.61. The number of amides is 1. The lowest BCUT2D eigenvalue weighted by atomic mass is 9.74. The van der Waals surface area contributed by atoms with Gasteiger partial charge < -0.3 is 14.5 Å². The topological polar surface area (TPSA) is 104 Å². The van der Waals surface area contributed by atoms with Crippen molar-refractivity contribution < 1.29 is 22.8 Å². The Morgan fingerprint density at radius 2 is 2.26 bits per heavy atom. The van der Waals surface area contributed by atoms with Crippen molar-refractivity contribution in [3.63, 3.8) is 0 Å². The van der Waals surface area contributed by atoms with Gasteiger partial charge in [0.25, 0.3) is 5.91 Å². The van der Waals surface area contributed by atoms with Gasteiger partial charge in [0.2, 0.25) is 15.8 Å². The number of aromatic nitrogens is 1. The molecule has 8 nitrogen and oxygen atoms in total. The van der Waals surface area contributed by atoms with E-state index in [9.17, 15) is 18.3 Å². The molecule has 2 fully saturated rings. The molecule has 0 saturated carbocycles. The van der Waals surface area contributed by atoms with Gasteiger partial charge in [0.15, 0.2) is 0 Å². The summed E-state index contributed by atoms with van der Waals surface area (Å²) in [6, 6.07) is 1.58. The molecule has 0 unspecified atom stereocenters. The van der Waals surface area contributed by atoms with Crippen LogP contribution >= 0.6 is 0 Å². The van der Waals surface area contributed by atoms with Crippen molar-refractivity contribution in [1.29, 1.82) is 0 Å². The fourth-order valence-corrected chi connectivity index (χ4v) is 4.55. The minimum atomic E-state index is -3.31. The molecule has 9 heteroatoms. The van der Waals surface area contributed by atoms with E-state index >= 15 is 0 Å². The van der Waals surface area contributed by atoms with Gasteiger partial charge in [-0.2, -0.15) is 0 Å². The minimum absolute atomic E-state index is 0.0581. The van der Waals surface area contributed by atoms with Crippen LogP contribution in [0.4, 0.5) is 0 Å². The van der Waals surface area contributed by atoms with Gasteiger partial charge in [-0.25, -0.2) is 12.7 Å². The zero-order valence-corrected chi connectivity index (χ0v) is 14.0. The summed E-state index contributed by atoms with van der Waals surface area (Å²) in [4.78, 5) is 14.1. The molecule has 2 saturated heterocycles. The lowest BCUT2D eigenvalue weighted by molar-refractivity contribution is 0.0110. The first-order valence-corrected chi connectivity index (χ1v) is 9.38. The number of rotatable bonds is 3. The number of carbonyl (C=O) groups excluding carboxylic acids is 1. The first-order valence-electron chi connectivity index (χ1n) is 7.54. The molecule has 1 aromatic heterocycles. The second-order valence-corrected chi connectivity index (χ2v) is 8.60. The molecule has 2 aliphatic rings. The van der Waals surface area contributed by atoms with E-state index in [1.54, 1.807) is 17.9 Å². The molecule has 3 heterocycles. The van der Waals surface area contributed by atoms with Crippen LogP contribution in [0.3, 0.4) is 0 Å². The van der Waals surface area contributed by atoms with E-state index < -0.39 is 15.4 Å². The molecule has 0 aliphatic carbocycles. The van der Waals surface area contributed by atoms with Gasteiger partial charge in [-0.1, -0.05) is 5.16 Å². The number of carbonyl (C=O) groups is 1. The smallest absolute Gasteiger partial charge is 0.292 e. The number of aliphatic hydroxyl groups excluding tert-OH is 1. The van der Waals surface area contributed by atoms with Crippen molar-refractivity contribution in [3.8, 4) is 0 Å². The van der Waals surface area contributed by atoms with E-state index in [-0.39, 0.29) is 30.7 Å². The van der Waals surface area contributed by atoms with E-state index in [4.69, 9.17) is 4.52 Å². The van der Waals surface area contributed by atoms with Crippen LogP contribution in [0.25, 0.3) is 0 Å². The second kappa shape index (κ2) is 5.57. The van der Waals surface area contributed by atoms with Crippen LogP contribution in [0.5, 0.6) is 0 Å². The third-order valence-electron chi connectivity index (χ3n) is 4.94. The molecule has 128 valence electrons. The van der Waals surface area contributed by atoms with Crippen LogP contribution in [0.2, 0.25) is 0 Å². The fraction of sp³-hybridized carbons (Fsp3) is 0.714. The van der Waals surface area contributed by atoms with Crippen LogP contribution in [-0.4, -0.2) is 72.8 Å². The first kappa shape index (κ1) is 16.4. The summed E-state index contributed by atoms with van der Waals surface area (Å²) >= 11 is 0. The standard InChI is InChI=1S/C14H21N3O5S/c1-10-5-12(22-15-10)13(19)16-4-3-11-6-17(23(2,20)21)8-14(11,7-16)9-18/h5,11,18H,3-4,6-9H2,1-2H3/t11-,14+/m0/s1. The minimum Gasteiger partial charge on any atom is -0.396 e. The summed E-state index contributed by atoms with van der Waals surface area (Å²) in [6.45, 7) is 3.07. The maximum Gasteiger partial charge on any atom is 0.292 e. The predicted octanol–water partition coefficient (Wildman–Crippen LogP) is -0.301. The van der Waals surface area contributed by atoms with Gasteiger partial charge in [-0.3, -0.25) is 4.79 Å². The van der Waals surface area contributed by atoms with E-state index in [2.05, 4.69) is 5.16 Å². The summed E-state index contributed by atoms with van der Waals surface area (Å²) in [5, 5.41) is 13.6. The number of nitrogens with zero attached hydrogens (tertiary/aromatic N) is 3. The molecular weight excluding hydrogens is 322 g/mol. The third kappa shape index (κ3) is 2.88. The molecule has 0 aromatic carbocycles. The Morgan fingerprint density at radius 3 is 2.83 bits per heavy atom. The number of hydrogen-bond acceptors (Lipinski definition) is 6. The zero-order valence-electron chi connectivity index (χ0n) is 13.2. The largest absolute Gasteiger partial charge is 0.396 e. The number of piperidine rings is 1. The van der Waals surface area contributed by atoms with Gasteiger partial charge in [0.1, 0.15) is 0 Å². The molecule has 1 aromatic rings. The third-order valence-corrected chi connectivity index (χ3v) is 6.16. The Balaban J connectivity index is 1.81. The summed E-state index contributed by atoms with van der Waals surface area (Å²) in [5.74, 6) is -0.0376. The first-order chi connectivity index (χ1) is 10.7. The monoisotopic (exact) mass is 343 g/mol. The highest BCUT2D eigenvalue weighted by Gasteiger charge is 2.52. The lowest BCUT2D eigenvalue weighted by Gasteiger charge is -2.42. The van der Waals surface area contributed by atoms with Gasteiger partial charge >= 0.3 is 0 Å². The van der Waals surface area contributed by atoms with Crippen molar-refractivity contribution in [2.24, 2.45) is 11.3 Å². The highest BCUT2D eigenvalue weighted by molar-refractivity contribution is 7.88. The number of aryl methyl sites for hydroxylation is 1. The van der Waals surface area contributed by atoms with Gasteiger partial charge in [-0.05, 0) is 19.3 Å². The SMILES string of the molecule is Cc1cc(C(=O)N2CC[C@H]3CN(S(C)(=O)=O)C[C@@]3(CO)C2)on1. The molecule has 0 radical (unpaired) electrons. The van der Waals surface area contributed by atoms with Crippen LogP contribution in [-0.2, 0) is 10.0 Å². The maximum absolute atomic E-state index is 12.5. The van der Waals surface area contributed by atoms with E-state index in [0.29, 0.717) is 31.7 Å². The molecule has 23 heavy (non-hydrogen) atoms. The maximum atomic E-state index is 12.5. The Hall–Kier alpha value is -1.45. The number of aliphatic hydroxyl groups is 1. The Kier molecular flexibility index (Phi) is 3.97. The van der Waals surface area contributed by atoms with E-state index in [1.807, 2.05) is 0 Å². The Labute approximate surface area is 135 Å². The van der Waals surface area contributed by atoms with Crippen LogP contribution < -0.4 is 0 Å². The number of likely N-dealkylation sites (tertiary alicyclic amines) is 1. The summed E-state index contributed by atoms with van der Waals surface area (Å²) < 4.78 is 30.1. The molecule has 1 amide bonds. The summed E-state index contributed by atoms with van der Waals surface area (Å²) in [6.07, 6.45) is 1.83. The van der Waals surface area contributed by atoms with Crippen molar-refractivity contribution in [3.05, 3.63) is 17.5 Å². The number of sulfonamides is 1. The summed E-state index contributed by atoms with van der Waals surface area (Å²) in [5.41, 5.74) is 0.0238. The van der Waals surface area contributed by atoms with Gasteiger partial charge in [0.05, 0.1) is 18.6 Å². The van der Waals surface area contributed by atoms with Crippen LogP contribution in [0, 0.1) is 18.3 Å². The molecule has 0 spiro atoms. The molecule has 3 rings (SSSR count). The summed E-state index contributed by atoms with van der Waals surface area (Å²) in [7, 11) is -3.31. The zero-order chi connectivity index (χ0) is 16.8. The quantitative estimate of drug-likeness (QED) is 0.808. The molecule has 2 atom stereocenters. The highest BCUT2D eigenvalue weighted by atomic mass is 32.2. The normalized spacial score (nSPS) is 28.8. The van der Waals surface area contributed by atoms with Crippen molar-refractivity contribution in [1.82, 2.24) is 14.4 Å². The number of fused-ring (bicyclic) bond motifs is 1. The number of hydrogen-bond donors (Lipinski definition) is 1. The van der Waals surface area contributed by atoms with Gasteiger partial charge in [0, 0.05) is 37.7 Å². The van der Waals surface area contributed by atoms with Crippen LogP contribution in [0.15, 0.2) is 10.6 Å². The average Bonchev–Trinajstić information content (AvgIpc) is 3.09. The average molecular weight is 343 g/mol. The lowest BCUT2D eigenvalue weighted by Crippen LogP contribution is -2.52.